The maximum Gasteiger partial charge on any atom is 0.0847 e. The Kier molecular flexibility index (Phi) is 3.61. The largest absolute Gasteiger partial charge is 0.397 e. The van der Waals surface area contributed by atoms with Crippen LogP contribution in [0, 0.1) is 0 Å². The van der Waals surface area contributed by atoms with Gasteiger partial charge >= 0.3 is 0 Å². The summed E-state index contributed by atoms with van der Waals surface area (Å²) in [7, 11) is 0. The van der Waals surface area contributed by atoms with E-state index in [4.69, 9.17) is 22.5 Å². The van der Waals surface area contributed by atoms with Crippen molar-refractivity contribution in [3.63, 3.8) is 0 Å². The second-order valence-corrected chi connectivity index (χ2v) is 4.58. The molecule has 0 aliphatic carbocycles. The first-order valence-corrected chi connectivity index (χ1v) is 5.91. The van der Waals surface area contributed by atoms with Gasteiger partial charge in [-0.2, -0.15) is 0 Å². The van der Waals surface area contributed by atoms with Gasteiger partial charge in [0.15, 0.2) is 0 Å². The minimum atomic E-state index is 0.0971. The summed E-state index contributed by atoms with van der Waals surface area (Å²) >= 11 is 6.15. The zero-order valence-electron chi connectivity index (χ0n) is 9.36. The van der Waals surface area contributed by atoms with Gasteiger partial charge in [0.25, 0.3) is 0 Å². The number of benzene rings is 1. The van der Waals surface area contributed by atoms with E-state index in [1.54, 1.807) is 12.1 Å². The highest BCUT2D eigenvalue weighted by atomic mass is 35.5. The predicted molar refractivity (Wildman–Crippen MR) is 68.7 cm³/mol. The van der Waals surface area contributed by atoms with E-state index in [0.29, 0.717) is 16.4 Å². The van der Waals surface area contributed by atoms with Crippen molar-refractivity contribution in [1.82, 2.24) is 0 Å². The average molecular weight is 258 g/mol. The summed E-state index contributed by atoms with van der Waals surface area (Å²) in [6.45, 7) is 0.965. The van der Waals surface area contributed by atoms with Crippen molar-refractivity contribution in [3.05, 3.63) is 17.2 Å². The van der Waals surface area contributed by atoms with Gasteiger partial charge in [0.05, 0.1) is 34.7 Å². The highest BCUT2D eigenvalue weighted by molar-refractivity contribution is 6.33. The molecule has 1 aromatic carbocycles. The lowest BCUT2D eigenvalue weighted by molar-refractivity contribution is 0.266. The monoisotopic (exact) mass is 257 g/mol. The van der Waals surface area contributed by atoms with Gasteiger partial charge in [-0.15, -0.1) is 0 Å². The van der Waals surface area contributed by atoms with Crippen LogP contribution in [0.15, 0.2) is 12.1 Å². The SMILES string of the molecule is Nc1cc(N2CCCC2CO)c(Cl)cc1NO. The fraction of sp³-hybridized carbons (Fsp3) is 0.455. The van der Waals surface area contributed by atoms with Gasteiger partial charge in [0, 0.05) is 6.54 Å². The zero-order valence-corrected chi connectivity index (χ0v) is 10.1. The van der Waals surface area contributed by atoms with Crippen LogP contribution in [0.1, 0.15) is 12.8 Å². The molecule has 5 N–H and O–H groups in total. The molecule has 1 aromatic rings. The molecule has 0 saturated carbocycles. The van der Waals surface area contributed by atoms with E-state index in [1.807, 2.05) is 5.48 Å². The van der Waals surface area contributed by atoms with Gasteiger partial charge < -0.3 is 15.7 Å². The molecular formula is C11H16ClN3O2. The van der Waals surface area contributed by atoms with Gasteiger partial charge in [0.2, 0.25) is 0 Å². The van der Waals surface area contributed by atoms with E-state index >= 15 is 0 Å². The van der Waals surface area contributed by atoms with Gasteiger partial charge in [-0.25, -0.2) is 0 Å². The van der Waals surface area contributed by atoms with Crippen LogP contribution in [-0.4, -0.2) is 29.5 Å². The number of nitrogens with one attached hydrogen (secondary N) is 1. The second kappa shape index (κ2) is 5.00. The Morgan fingerprint density at radius 3 is 2.94 bits per heavy atom. The van der Waals surface area contributed by atoms with Crippen molar-refractivity contribution >= 4 is 28.7 Å². The Bertz CT molecular complexity index is 414. The maximum absolute atomic E-state index is 9.29. The summed E-state index contributed by atoms with van der Waals surface area (Å²) in [5.74, 6) is 0. The van der Waals surface area contributed by atoms with E-state index in [2.05, 4.69) is 4.90 Å². The molecule has 5 nitrogen and oxygen atoms in total. The molecule has 0 aromatic heterocycles. The first-order valence-electron chi connectivity index (χ1n) is 5.54. The Morgan fingerprint density at radius 2 is 2.29 bits per heavy atom. The third-order valence-corrected chi connectivity index (χ3v) is 3.44. The molecule has 6 heteroatoms. The van der Waals surface area contributed by atoms with E-state index in [9.17, 15) is 5.11 Å². The Balaban J connectivity index is 2.35. The average Bonchev–Trinajstić information content (AvgIpc) is 2.79. The summed E-state index contributed by atoms with van der Waals surface area (Å²) in [6, 6.07) is 3.40. The summed E-state index contributed by atoms with van der Waals surface area (Å²) in [4.78, 5) is 2.06. The standard InChI is InChI=1S/C11H16ClN3O2/c12-8-4-10(14-17)9(13)5-11(8)15-3-1-2-7(15)6-16/h4-5,7,14,16-17H,1-3,6,13H2. The van der Waals surface area contributed by atoms with E-state index in [0.717, 1.165) is 25.1 Å². The number of aliphatic hydroxyl groups is 1. The first-order chi connectivity index (χ1) is 8.17. The Morgan fingerprint density at radius 1 is 1.53 bits per heavy atom. The third-order valence-electron chi connectivity index (χ3n) is 3.14. The van der Waals surface area contributed by atoms with Crippen LogP contribution in [0.25, 0.3) is 0 Å². The van der Waals surface area contributed by atoms with E-state index < -0.39 is 0 Å². The summed E-state index contributed by atoms with van der Waals surface area (Å²) in [5.41, 5.74) is 9.41. The number of anilines is 3. The second-order valence-electron chi connectivity index (χ2n) is 4.17. The first kappa shape index (κ1) is 12.3. The Labute approximate surface area is 105 Å². The predicted octanol–water partition coefficient (Wildman–Crippen LogP) is 1.68. The fourth-order valence-corrected chi connectivity index (χ4v) is 2.51. The molecule has 0 spiro atoms. The molecule has 17 heavy (non-hydrogen) atoms. The van der Waals surface area contributed by atoms with Crippen molar-refractivity contribution in [2.75, 3.05) is 29.3 Å². The molecule has 1 saturated heterocycles. The van der Waals surface area contributed by atoms with Gasteiger partial charge in [0.1, 0.15) is 0 Å². The van der Waals surface area contributed by atoms with E-state index in [-0.39, 0.29) is 12.6 Å². The summed E-state index contributed by atoms with van der Waals surface area (Å²) < 4.78 is 0. The Hall–Kier alpha value is -1.17. The van der Waals surface area contributed by atoms with Gasteiger partial charge in [-0.05, 0) is 25.0 Å². The quantitative estimate of drug-likeness (QED) is 0.489. The normalized spacial score (nSPS) is 19.7. The number of nitrogen functional groups attached to an aromatic ring is 1. The number of aliphatic hydroxyl groups excluding tert-OH is 1. The number of hydrogen-bond acceptors (Lipinski definition) is 5. The van der Waals surface area contributed by atoms with Crippen molar-refractivity contribution in [3.8, 4) is 0 Å². The van der Waals surface area contributed by atoms with Crippen LogP contribution < -0.4 is 16.1 Å². The van der Waals surface area contributed by atoms with Crippen LogP contribution in [0.3, 0.4) is 0 Å². The van der Waals surface area contributed by atoms with Crippen LogP contribution in [0.5, 0.6) is 0 Å². The lowest BCUT2D eigenvalue weighted by Gasteiger charge is -2.27. The molecule has 1 aliphatic heterocycles. The maximum atomic E-state index is 9.29. The number of halogens is 1. The third kappa shape index (κ3) is 2.26. The topological polar surface area (TPSA) is 81.8 Å². The van der Waals surface area contributed by atoms with Crippen molar-refractivity contribution in [1.29, 1.82) is 0 Å². The van der Waals surface area contributed by atoms with Crippen LogP contribution >= 0.6 is 11.6 Å². The molecule has 0 amide bonds. The van der Waals surface area contributed by atoms with Gasteiger partial charge in [-0.1, -0.05) is 11.6 Å². The minimum absolute atomic E-state index is 0.0971. The highest BCUT2D eigenvalue weighted by Crippen LogP contribution is 2.36. The molecule has 1 fully saturated rings. The molecule has 1 aliphatic rings. The van der Waals surface area contributed by atoms with Crippen molar-refractivity contribution in [2.24, 2.45) is 0 Å². The summed E-state index contributed by atoms with van der Waals surface area (Å²) in [6.07, 6.45) is 1.98. The van der Waals surface area contributed by atoms with Gasteiger partial charge in [-0.3, -0.25) is 10.7 Å². The highest BCUT2D eigenvalue weighted by Gasteiger charge is 2.26. The smallest absolute Gasteiger partial charge is 0.0847 e. The molecule has 1 heterocycles. The number of hydrogen-bond donors (Lipinski definition) is 4. The number of rotatable bonds is 3. The molecule has 1 atom stereocenters. The van der Waals surface area contributed by atoms with Crippen molar-refractivity contribution in [2.45, 2.75) is 18.9 Å². The lowest BCUT2D eigenvalue weighted by Crippen LogP contribution is -2.32. The zero-order chi connectivity index (χ0) is 12.4. The minimum Gasteiger partial charge on any atom is -0.397 e. The molecule has 0 bridgehead atoms. The van der Waals surface area contributed by atoms with Crippen LogP contribution in [0.2, 0.25) is 5.02 Å². The van der Waals surface area contributed by atoms with E-state index in [1.165, 1.54) is 0 Å². The number of nitrogens with two attached hydrogens (primary N) is 1. The molecular weight excluding hydrogens is 242 g/mol. The van der Waals surface area contributed by atoms with Crippen molar-refractivity contribution < 1.29 is 10.3 Å². The van der Waals surface area contributed by atoms with Crippen LogP contribution in [-0.2, 0) is 0 Å². The molecule has 1 unspecified atom stereocenters. The fourth-order valence-electron chi connectivity index (χ4n) is 2.24. The molecule has 94 valence electrons. The lowest BCUT2D eigenvalue weighted by atomic mass is 10.2. The number of nitrogens with zero attached hydrogens (tertiary/aromatic N) is 1. The molecule has 0 radical (unpaired) electrons. The summed E-state index contributed by atoms with van der Waals surface area (Å²) in [5, 5.41) is 18.7. The van der Waals surface area contributed by atoms with Crippen LogP contribution in [0.4, 0.5) is 17.1 Å². The molecule has 2 rings (SSSR count).